The second kappa shape index (κ2) is 7.98. The van der Waals surface area contributed by atoms with Crippen LogP contribution in [-0.2, 0) is 16.6 Å². The van der Waals surface area contributed by atoms with Crippen LogP contribution in [0.1, 0.15) is 12.5 Å². The summed E-state index contributed by atoms with van der Waals surface area (Å²) in [5.41, 5.74) is 0.734. The molecule has 26 heavy (non-hydrogen) atoms. The Morgan fingerprint density at radius 3 is 2.77 bits per heavy atom. The Balaban J connectivity index is 1.75. The van der Waals surface area contributed by atoms with E-state index in [4.69, 9.17) is 4.74 Å². The Morgan fingerprint density at radius 2 is 2.12 bits per heavy atom. The van der Waals surface area contributed by atoms with E-state index in [0.29, 0.717) is 22.6 Å². The Kier molecular flexibility index (Phi) is 5.70. The zero-order valence-electron chi connectivity index (χ0n) is 14.0. The number of aromatic nitrogens is 3. The standard InChI is InChI=1S/C17H17BrN4O3S/c1-2-25-15-6-5-14(18)10-16(15)26(23,24)21-12-13-4-7-17(19-11-13)22-9-3-8-20-22/h3-11,21H,2,12H2,1H3. The van der Waals surface area contributed by atoms with Crippen LogP contribution in [-0.4, -0.2) is 29.8 Å². The van der Waals surface area contributed by atoms with Crippen molar-refractivity contribution in [2.75, 3.05) is 6.61 Å². The van der Waals surface area contributed by atoms with Crippen molar-refractivity contribution in [1.82, 2.24) is 19.5 Å². The Morgan fingerprint density at radius 1 is 1.27 bits per heavy atom. The summed E-state index contributed by atoms with van der Waals surface area (Å²) in [4.78, 5) is 4.38. The summed E-state index contributed by atoms with van der Waals surface area (Å²) in [6, 6.07) is 10.3. The van der Waals surface area contributed by atoms with Gasteiger partial charge in [-0.1, -0.05) is 22.0 Å². The van der Waals surface area contributed by atoms with Gasteiger partial charge in [0.15, 0.2) is 5.82 Å². The third-order valence-electron chi connectivity index (χ3n) is 3.51. The van der Waals surface area contributed by atoms with Gasteiger partial charge in [-0.25, -0.2) is 22.8 Å². The first kappa shape index (κ1) is 18.6. The number of hydrogen-bond donors (Lipinski definition) is 1. The van der Waals surface area contributed by atoms with E-state index in [-0.39, 0.29) is 11.4 Å². The lowest BCUT2D eigenvalue weighted by atomic mass is 10.3. The molecule has 9 heteroatoms. The first-order chi connectivity index (χ1) is 12.5. The van der Waals surface area contributed by atoms with Gasteiger partial charge in [0.05, 0.1) is 6.61 Å². The predicted molar refractivity (Wildman–Crippen MR) is 101 cm³/mol. The highest BCUT2D eigenvalue weighted by molar-refractivity contribution is 9.10. The van der Waals surface area contributed by atoms with Crippen LogP contribution in [0, 0.1) is 0 Å². The monoisotopic (exact) mass is 436 g/mol. The van der Waals surface area contributed by atoms with E-state index in [0.717, 1.165) is 5.56 Å². The maximum Gasteiger partial charge on any atom is 0.244 e. The number of rotatable bonds is 7. The molecule has 0 aliphatic heterocycles. The van der Waals surface area contributed by atoms with Gasteiger partial charge < -0.3 is 4.74 Å². The predicted octanol–water partition coefficient (Wildman–Crippen LogP) is 2.91. The van der Waals surface area contributed by atoms with E-state index in [1.165, 1.54) is 6.07 Å². The van der Waals surface area contributed by atoms with Gasteiger partial charge in [0, 0.05) is 29.6 Å². The van der Waals surface area contributed by atoms with E-state index in [9.17, 15) is 8.42 Å². The molecule has 0 amide bonds. The molecule has 0 bridgehead atoms. The average Bonchev–Trinajstić information content (AvgIpc) is 3.17. The molecule has 0 aliphatic carbocycles. The number of hydrogen-bond acceptors (Lipinski definition) is 5. The van der Waals surface area contributed by atoms with Crippen LogP contribution in [0.15, 0.2) is 64.4 Å². The molecule has 0 unspecified atom stereocenters. The molecule has 1 N–H and O–H groups in total. The van der Waals surface area contributed by atoms with Gasteiger partial charge in [-0.2, -0.15) is 5.10 Å². The molecule has 0 saturated carbocycles. The van der Waals surface area contributed by atoms with E-state index in [1.54, 1.807) is 60.5 Å². The average molecular weight is 437 g/mol. The van der Waals surface area contributed by atoms with Crippen molar-refractivity contribution >= 4 is 26.0 Å². The summed E-state index contributed by atoms with van der Waals surface area (Å²) in [7, 11) is -3.74. The van der Waals surface area contributed by atoms with E-state index in [2.05, 4.69) is 30.7 Å². The molecule has 3 rings (SSSR count). The van der Waals surface area contributed by atoms with Gasteiger partial charge in [0.2, 0.25) is 10.0 Å². The molecule has 3 aromatic rings. The summed E-state index contributed by atoms with van der Waals surface area (Å²) in [5.74, 6) is 0.975. The number of nitrogens with one attached hydrogen (secondary N) is 1. The van der Waals surface area contributed by atoms with Gasteiger partial charge in [-0.05, 0) is 42.8 Å². The first-order valence-corrected chi connectivity index (χ1v) is 10.1. The quantitative estimate of drug-likeness (QED) is 0.615. The molecular weight excluding hydrogens is 420 g/mol. The molecule has 136 valence electrons. The van der Waals surface area contributed by atoms with Crippen molar-refractivity contribution in [3.63, 3.8) is 0 Å². The fourth-order valence-electron chi connectivity index (χ4n) is 2.28. The van der Waals surface area contributed by atoms with Crippen LogP contribution < -0.4 is 9.46 Å². The molecule has 0 fully saturated rings. The van der Waals surface area contributed by atoms with Crippen LogP contribution in [0.4, 0.5) is 0 Å². The molecule has 2 aromatic heterocycles. The van der Waals surface area contributed by atoms with Crippen molar-refractivity contribution in [3.05, 3.63) is 65.0 Å². The molecule has 0 aliphatic rings. The third kappa shape index (κ3) is 4.29. The molecule has 1 aromatic carbocycles. The van der Waals surface area contributed by atoms with Crippen LogP contribution in [0.25, 0.3) is 5.82 Å². The highest BCUT2D eigenvalue weighted by Gasteiger charge is 2.20. The van der Waals surface area contributed by atoms with E-state index >= 15 is 0 Å². The number of nitrogens with zero attached hydrogens (tertiary/aromatic N) is 3. The Labute approximate surface area is 160 Å². The maximum atomic E-state index is 12.7. The van der Waals surface area contributed by atoms with Gasteiger partial charge >= 0.3 is 0 Å². The summed E-state index contributed by atoms with van der Waals surface area (Å²) in [6.07, 6.45) is 5.06. The number of pyridine rings is 1. The second-order valence-electron chi connectivity index (χ2n) is 5.32. The Bertz CT molecular complexity index is 974. The zero-order chi connectivity index (χ0) is 18.6. The number of sulfonamides is 1. The fraction of sp³-hybridized carbons (Fsp3) is 0.176. The number of ether oxygens (including phenoxy) is 1. The van der Waals surface area contributed by atoms with Crippen LogP contribution in [0.5, 0.6) is 5.75 Å². The minimum atomic E-state index is -3.74. The van der Waals surface area contributed by atoms with Gasteiger partial charge in [-0.3, -0.25) is 0 Å². The molecule has 0 radical (unpaired) electrons. The number of halogens is 1. The van der Waals surface area contributed by atoms with Crippen molar-refractivity contribution < 1.29 is 13.2 Å². The smallest absolute Gasteiger partial charge is 0.244 e. The van der Waals surface area contributed by atoms with E-state index in [1.807, 2.05) is 0 Å². The van der Waals surface area contributed by atoms with Gasteiger partial charge in [-0.15, -0.1) is 0 Å². The van der Waals surface area contributed by atoms with Crippen molar-refractivity contribution in [1.29, 1.82) is 0 Å². The highest BCUT2D eigenvalue weighted by Crippen LogP contribution is 2.27. The normalized spacial score (nSPS) is 11.5. The summed E-state index contributed by atoms with van der Waals surface area (Å²) >= 11 is 3.30. The highest BCUT2D eigenvalue weighted by atomic mass is 79.9. The summed E-state index contributed by atoms with van der Waals surface area (Å²) in [5, 5.41) is 4.10. The van der Waals surface area contributed by atoms with E-state index < -0.39 is 10.0 Å². The lowest BCUT2D eigenvalue weighted by Crippen LogP contribution is -2.24. The maximum absolute atomic E-state index is 12.7. The van der Waals surface area contributed by atoms with Crippen LogP contribution in [0.3, 0.4) is 0 Å². The molecule has 7 nitrogen and oxygen atoms in total. The second-order valence-corrected chi connectivity index (χ2v) is 7.97. The summed E-state index contributed by atoms with van der Waals surface area (Å²) < 4.78 is 35.6. The van der Waals surface area contributed by atoms with Crippen molar-refractivity contribution in [2.45, 2.75) is 18.4 Å². The minimum Gasteiger partial charge on any atom is -0.492 e. The minimum absolute atomic E-state index is 0.0924. The Hall–Kier alpha value is -2.23. The molecule has 0 spiro atoms. The third-order valence-corrected chi connectivity index (χ3v) is 5.43. The topological polar surface area (TPSA) is 86.1 Å². The zero-order valence-corrected chi connectivity index (χ0v) is 16.4. The number of benzene rings is 1. The lowest BCUT2D eigenvalue weighted by Gasteiger charge is -2.12. The molecule has 2 heterocycles. The van der Waals surface area contributed by atoms with Crippen molar-refractivity contribution in [3.8, 4) is 11.6 Å². The summed E-state index contributed by atoms with van der Waals surface area (Å²) in [6.45, 7) is 2.30. The van der Waals surface area contributed by atoms with Gasteiger partial charge in [0.25, 0.3) is 0 Å². The van der Waals surface area contributed by atoms with Crippen LogP contribution in [0.2, 0.25) is 0 Å². The largest absolute Gasteiger partial charge is 0.492 e. The lowest BCUT2D eigenvalue weighted by molar-refractivity contribution is 0.331. The fourth-order valence-corrected chi connectivity index (χ4v) is 3.98. The molecule has 0 saturated heterocycles. The first-order valence-electron chi connectivity index (χ1n) is 7.86. The van der Waals surface area contributed by atoms with Crippen molar-refractivity contribution in [2.24, 2.45) is 0 Å². The molecule has 0 atom stereocenters. The van der Waals surface area contributed by atoms with Gasteiger partial charge in [0.1, 0.15) is 10.6 Å². The van der Waals surface area contributed by atoms with Crippen LogP contribution >= 0.6 is 15.9 Å². The SMILES string of the molecule is CCOc1ccc(Br)cc1S(=O)(=O)NCc1ccc(-n2cccn2)nc1. The molecular formula is C17H17BrN4O3S.